The summed E-state index contributed by atoms with van der Waals surface area (Å²) in [4.78, 5) is 25.5. The van der Waals surface area contributed by atoms with Crippen LogP contribution >= 0.6 is 11.8 Å². The molecule has 0 aromatic heterocycles. The smallest absolute Gasteiger partial charge is 0.238 e. The molecule has 0 unspecified atom stereocenters. The average Bonchev–Trinajstić information content (AvgIpc) is 2.64. The fraction of sp³-hybridized carbons (Fsp3) is 0.300. The zero-order chi connectivity index (χ0) is 17.6. The maximum atomic E-state index is 12.3. The molecule has 4 nitrogen and oxygen atoms in total. The summed E-state index contributed by atoms with van der Waals surface area (Å²) in [7, 11) is 0. The van der Waals surface area contributed by atoms with E-state index in [-0.39, 0.29) is 23.5 Å². The highest BCUT2D eigenvalue weighted by molar-refractivity contribution is 8.01. The summed E-state index contributed by atoms with van der Waals surface area (Å²) in [6.07, 6.45) is 1.15. The zero-order valence-corrected chi connectivity index (χ0v) is 15.0. The molecule has 1 aliphatic rings. The molecule has 2 N–H and O–H groups in total. The van der Waals surface area contributed by atoms with Crippen molar-refractivity contribution >= 4 is 29.3 Å². The summed E-state index contributed by atoms with van der Waals surface area (Å²) in [6, 6.07) is 17.9. The quantitative estimate of drug-likeness (QED) is 0.829. The number of anilines is 1. The van der Waals surface area contributed by atoms with E-state index >= 15 is 0 Å². The molecular formula is C20H22N2O2S. The number of hydrogen-bond donors (Lipinski definition) is 2. The molecule has 2 amide bonds. The molecule has 0 aliphatic carbocycles. The Labute approximate surface area is 152 Å². The van der Waals surface area contributed by atoms with Crippen molar-refractivity contribution in [1.29, 1.82) is 0 Å². The SMILES string of the molecule is CC[C@@H](CNC(=O)C[C@@H]1Sc2ccccc2NC1=O)c1ccccc1. The Hall–Kier alpha value is -2.27. The van der Waals surface area contributed by atoms with Crippen molar-refractivity contribution in [2.75, 3.05) is 11.9 Å². The highest BCUT2D eigenvalue weighted by Gasteiger charge is 2.28. The van der Waals surface area contributed by atoms with Crippen molar-refractivity contribution in [3.8, 4) is 0 Å². The van der Waals surface area contributed by atoms with Crippen LogP contribution in [-0.2, 0) is 9.59 Å². The highest BCUT2D eigenvalue weighted by Crippen LogP contribution is 2.36. The molecule has 2 atom stereocenters. The Morgan fingerprint density at radius 1 is 1.16 bits per heavy atom. The van der Waals surface area contributed by atoms with Crippen molar-refractivity contribution in [2.24, 2.45) is 0 Å². The lowest BCUT2D eigenvalue weighted by molar-refractivity contribution is -0.124. The molecule has 2 aromatic rings. The van der Waals surface area contributed by atoms with Gasteiger partial charge in [-0.3, -0.25) is 9.59 Å². The molecule has 0 spiro atoms. The molecule has 0 bridgehead atoms. The number of benzene rings is 2. The summed E-state index contributed by atoms with van der Waals surface area (Å²) < 4.78 is 0. The molecule has 1 heterocycles. The summed E-state index contributed by atoms with van der Waals surface area (Å²) >= 11 is 1.46. The van der Waals surface area contributed by atoms with Gasteiger partial charge in [0, 0.05) is 23.8 Å². The number of para-hydroxylation sites is 1. The number of rotatable bonds is 6. The number of fused-ring (bicyclic) bond motifs is 1. The Morgan fingerprint density at radius 2 is 1.88 bits per heavy atom. The Balaban J connectivity index is 1.55. The first-order valence-corrected chi connectivity index (χ1v) is 9.43. The summed E-state index contributed by atoms with van der Waals surface area (Å²) in [5.41, 5.74) is 2.05. The molecule has 2 aromatic carbocycles. The molecule has 130 valence electrons. The summed E-state index contributed by atoms with van der Waals surface area (Å²) in [5.74, 6) is 0.106. The Kier molecular flexibility index (Phi) is 5.76. The van der Waals surface area contributed by atoms with E-state index < -0.39 is 0 Å². The number of hydrogen-bond acceptors (Lipinski definition) is 3. The molecule has 25 heavy (non-hydrogen) atoms. The first-order chi connectivity index (χ1) is 12.2. The Morgan fingerprint density at radius 3 is 2.64 bits per heavy atom. The topological polar surface area (TPSA) is 58.2 Å². The van der Waals surface area contributed by atoms with Gasteiger partial charge < -0.3 is 10.6 Å². The first-order valence-electron chi connectivity index (χ1n) is 8.55. The normalized spacial score (nSPS) is 17.3. The van der Waals surface area contributed by atoms with Gasteiger partial charge in [-0.1, -0.05) is 49.4 Å². The molecular weight excluding hydrogens is 332 g/mol. The summed E-state index contributed by atoms with van der Waals surface area (Å²) in [5, 5.41) is 5.49. The third-order valence-corrected chi connectivity index (χ3v) is 5.66. The molecule has 3 rings (SSSR count). The fourth-order valence-corrected chi connectivity index (χ4v) is 4.04. The number of nitrogens with one attached hydrogen (secondary N) is 2. The fourth-order valence-electron chi connectivity index (χ4n) is 2.93. The van der Waals surface area contributed by atoms with Gasteiger partial charge in [-0.05, 0) is 24.1 Å². The molecule has 0 fully saturated rings. The van der Waals surface area contributed by atoms with Gasteiger partial charge in [0.05, 0.1) is 10.9 Å². The van der Waals surface area contributed by atoms with Crippen LogP contribution in [0.4, 0.5) is 5.69 Å². The van der Waals surface area contributed by atoms with Crippen molar-refractivity contribution in [3.05, 3.63) is 60.2 Å². The number of thioether (sulfide) groups is 1. The molecule has 0 saturated heterocycles. The molecule has 5 heteroatoms. The van der Waals surface area contributed by atoms with Crippen LogP contribution in [0.1, 0.15) is 31.2 Å². The highest BCUT2D eigenvalue weighted by atomic mass is 32.2. The maximum absolute atomic E-state index is 12.3. The minimum absolute atomic E-state index is 0.0820. The third-order valence-electron chi connectivity index (χ3n) is 4.39. The van der Waals surface area contributed by atoms with E-state index in [1.807, 2.05) is 42.5 Å². The van der Waals surface area contributed by atoms with Crippen LogP contribution in [0.3, 0.4) is 0 Å². The maximum Gasteiger partial charge on any atom is 0.238 e. The van der Waals surface area contributed by atoms with Gasteiger partial charge in [0.1, 0.15) is 0 Å². The van der Waals surface area contributed by atoms with E-state index in [0.29, 0.717) is 12.5 Å². The zero-order valence-electron chi connectivity index (χ0n) is 14.2. The second-order valence-corrected chi connectivity index (χ2v) is 7.36. The monoisotopic (exact) mass is 354 g/mol. The van der Waals surface area contributed by atoms with Crippen LogP contribution in [0.2, 0.25) is 0 Å². The van der Waals surface area contributed by atoms with Crippen molar-refractivity contribution < 1.29 is 9.59 Å². The lowest BCUT2D eigenvalue weighted by Gasteiger charge is -2.24. The van der Waals surface area contributed by atoms with E-state index in [1.165, 1.54) is 17.3 Å². The minimum Gasteiger partial charge on any atom is -0.355 e. The van der Waals surface area contributed by atoms with E-state index in [9.17, 15) is 9.59 Å². The minimum atomic E-state index is -0.383. The lowest BCUT2D eigenvalue weighted by atomic mass is 9.96. The van der Waals surface area contributed by atoms with Gasteiger partial charge >= 0.3 is 0 Å². The van der Waals surface area contributed by atoms with Crippen LogP contribution < -0.4 is 10.6 Å². The van der Waals surface area contributed by atoms with Crippen LogP contribution in [0.15, 0.2) is 59.5 Å². The van der Waals surface area contributed by atoms with Gasteiger partial charge in [-0.15, -0.1) is 11.8 Å². The number of carbonyl (C=O) groups is 2. The van der Waals surface area contributed by atoms with Crippen LogP contribution in [0.5, 0.6) is 0 Å². The standard InChI is InChI=1S/C20H22N2O2S/c1-2-14(15-8-4-3-5-9-15)13-21-19(23)12-18-20(24)22-16-10-6-7-11-17(16)25-18/h3-11,14,18H,2,12-13H2,1H3,(H,21,23)(H,22,24)/t14-,18-/m0/s1. The van der Waals surface area contributed by atoms with Crippen molar-refractivity contribution in [2.45, 2.75) is 35.8 Å². The largest absolute Gasteiger partial charge is 0.355 e. The number of carbonyl (C=O) groups excluding carboxylic acids is 2. The van der Waals surface area contributed by atoms with Crippen molar-refractivity contribution in [3.63, 3.8) is 0 Å². The van der Waals surface area contributed by atoms with Crippen LogP contribution in [0.25, 0.3) is 0 Å². The first kappa shape index (κ1) is 17.5. The molecule has 1 aliphatic heterocycles. The second kappa shape index (κ2) is 8.21. The van der Waals surface area contributed by atoms with E-state index in [4.69, 9.17) is 0 Å². The van der Waals surface area contributed by atoms with Gasteiger partial charge in [-0.25, -0.2) is 0 Å². The third kappa shape index (κ3) is 4.42. The lowest BCUT2D eigenvalue weighted by Crippen LogP contribution is -2.36. The van der Waals surface area contributed by atoms with Gasteiger partial charge in [0.15, 0.2) is 0 Å². The summed E-state index contributed by atoms with van der Waals surface area (Å²) in [6.45, 7) is 2.71. The van der Waals surface area contributed by atoms with Crippen molar-refractivity contribution in [1.82, 2.24) is 5.32 Å². The second-order valence-electron chi connectivity index (χ2n) is 6.12. The molecule has 0 saturated carbocycles. The predicted octanol–water partition coefficient (Wildman–Crippen LogP) is 3.80. The Bertz CT molecular complexity index is 748. The van der Waals surface area contributed by atoms with Gasteiger partial charge in [0.25, 0.3) is 0 Å². The van der Waals surface area contributed by atoms with E-state index in [2.05, 4.69) is 29.7 Å². The van der Waals surface area contributed by atoms with Crippen LogP contribution in [-0.4, -0.2) is 23.6 Å². The van der Waals surface area contributed by atoms with Crippen LogP contribution in [0, 0.1) is 0 Å². The predicted molar refractivity (Wildman–Crippen MR) is 102 cm³/mol. The number of amides is 2. The average molecular weight is 354 g/mol. The van der Waals surface area contributed by atoms with E-state index in [0.717, 1.165) is 17.0 Å². The van der Waals surface area contributed by atoms with Gasteiger partial charge in [-0.2, -0.15) is 0 Å². The van der Waals surface area contributed by atoms with Gasteiger partial charge in [0.2, 0.25) is 11.8 Å². The molecule has 0 radical (unpaired) electrons. The van der Waals surface area contributed by atoms with E-state index in [1.54, 1.807) is 0 Å².